The third-order valence-corrected chi connectivity index (χ3v) is 9.67. The molecule has 0 aliphatic rings. The molecule has 0 spiro atoms. The molecule has 0 saturated heterocycles. The summed E-state index contributed by atoms with van der Waals surface area (Å²) in [6, 6.07) is 16.0. The number of pyridine rings is 2. The summed E-state index contributed by atoms with van der Waals surface area (Å²) in [5.41, 5.74) is 8.22. The van der Waals surface area contributed by atoms with Crippen LogP contribution in [-0.2, 0) is 30.7 Å². The van der Waals surface area contributed by atoms with Crippen molar-refractivity contribution in [3.05, 3.63) is 88.7 Å². The van der Waals surface area contributed by atoms with Crippen LogP contribution in [0.2, 0.25) is 0 Å². The molecule has 13 heteroatoms. The number of benzene rings is 1. The highest BCUT2D eigenvalue weighted by Gasteiger charge is 2.45. The van der Waals surface area contributed by atoms with Crippen LogP contribution in [0.25, 0.3) is 10.6 Å². The first-order valence-electron chi connectivity index (χ1n) is 13.3. The second kappa shape index (κ2) is 12.2. The number of carboxylic acid groups (broad SMARTS) is 1. The number of aliphatic carboxylic acids is 1. The first-order valence-corrected chi connectivity index (χ1v) is 15.6. The fourth-order valence-corrected chi connectivity index (χ4v) is 6.68. The minimum Gasteiger partial charge on any atom is -0.480 e. The third-order valence-electron chi connectivity index (χ3n) is 6.44. The molecule has 0 fully saturated rings. The van der Waals surface area contributed by atoms with E-state index in [1.165, 1.54) is 36.5 Å². The summed E-state index contributed by atoms with van der Waals surface area (Å²) in [5, 5.41) is 10.1. The zero-order chi connectivity index (χ0) is 31.6. The van der Waals surface area contributed by atoms with Gasteiger partial charge in [0.1, 0.15) is 23.0 Å². The maximum absolute atomic E-state index is 14.1. The van der Waals surface area contributed by atoms with E-state index in [4.69, 9.17) is 10.5 Å². The van der Waals surface area contributed by atoms with Gasteiger partial charge in [0.15, 0.2) is 9.90 Å². The van der Waals surface area contributed by atoms with Gasteiger partial charge in [-0.1, -0.05) is 36.4 Å². The molecule has 0 radical (unpaired) electrons. The van der Waals surface area contributed by atoms with E-state index in [2.05, 4.69) is 15.0 Å². The minimum atomic E-state index is -4.39. The van der Waals surface area contributed by atoms with Gasteiger partial charge in [-0.15, -0.1) is 11.3 Å². The highest BCUT2D eigenvalue weighted by Crippen LogP contribution is 2.35. The monoisotopic (exact) mass is 623 g/mol. The van der Waals surface area contributed by atoms with E-state index in [9.17, 15) is 23.1 Å². The predicted octanol–water partition coefficient (Wildman–Crippen LogP) is 4.87. The maximum atomic E-state index is 14.1. The normalized spacial score (nSPS) is 13.3. The highest BCUT2D eigenvalue weighted by atomic mass is 32.2. The first-order chi connectivity index (χ1) is 20.1. The van der Waals surface area contributed by atoms with Crippen LogP contribution in [0.5, 0.6) is 0 Å². The number of carbonyl (C=O) groups excluding carboxylic acids is 1. The zero-order valence-corrected chi connectivity index (χ0v) is 26.1. The first kappa shape index (κ1) is 31.7. The summed E-state index contributed by atoms with van der Waals surface area (Å²) in [4.78, 5) is 37.5. The van der Waals surface area contributed by atoms with Crippen LogP contribution in [0.1, 0.15) is 42.6 Å². The molecule has 3 N–H and O–H groups in total. The number of sulfone groups is 1. The lowest BCUT2D eigenvalue weighted by molar-refractivity contribution is -0.135. The Balaban J connectivity index is 1.81. The zero-order valence-electron chi connectivity index (χ0n) is 24.4. The summed E-state index contributed by atoms with van der Waals surface area (Å²) in [6.45, 7) is 8.08. The van der Waals surface area contributed by atoms with Crippen LogP contribution in [-0.4, -0.2) is 52.7 Å². The Morgan fingerprint density at radius 1 is 1.00 bits per heavy atom. The molecule has 0 aliphatic carbocycles. The molecule has 1 atom stereocenters. The van der Waals surface area contributed by atoms with Crippen molar-refractivity contribution in [2.45, 2.75) is 56.5 Å². The van der Waals surface area contributed by atoms with E-state index in [0.29, 0.717) is 5.56 Å². The van der Waals surface area contributed by atoms with E-state index < -0.39 is 38.9 Å². The number of nitrogens with zero attached hydrogens (tertiary/aromatic N) is 4. The summed E-state index contributed by atoms with van der Waals surface area (Å²) in [5.74, 6) is -1.45. The molecule has 3 aromatic heterocycles. The number of carboxylic acids is 1. The quantitative estimate of drug-likeness (QED) is 0.263. The summed E-state index contributed by atoms with van der Waals surface area (Å²) >= 11 is 1.56. The molecule has 4 rings (SSSR count). The molecule has 1 unspecified atom stereocenters. The molecule has 11 nitrogen and oxygen atoms in total. The van der Waals surface area contributed by atoms with Crippen molar-refractivity contribution in [2.75, 3.05) is 11.4 Å². The van der Waals surface area contributed by atoms with Crippen molar-refractivity contribution < 1.29 is 27.9 Å². The number of ether oxygens (including phenoxy) is 1. The van der Waals surface area contributed by atoms with Gasteiger partial charge in [0.2, 0.25) is 9.84 Å². The smallest absolute Gasteiger partial charge is 0.416 e. The number of rotatable bonds is 9. The highest BCUT2D eigenvalue weighted by molar-refractivity contribution is 7.92. The van der Waals surface area contributed by atoms with E-state index in [-0.39, 0.29) is 23.0 Å². The molecular formula is C30H33N5O6S2. The van der Waals surface area contributed by atoms with Crippen LogP contribution >= 0.6 is 11.3 Å². The SMILES string of the molecule is Cc1nc(-c2ccc(CC(N)(c3cccc(N(CC(=O)O)C(=O)OC(C)(C)C)n3)S(=O)(=O)c3ccccn3)cc2)sc1C. The average Bonchev–Trinajstić information content (AvgIpc) is 3.29. The maximum Gasteiger partial charge on any atom is 0.416 e. The van der Waals surface area contributed by atoms with E-state index >= 15 is 0 Å². The number of amides is 1. The minimum absolute atomic E-state index is 0.107. The van der Waals surface area contributed by atoms with Crippen molar-refractivity contribution >= 4 is 39.1 Å². The molecule has 1 aromatic carbocycles. The fourth-order valence-electron chi connectivity index (χ4n) is 4.18. The van der Waals surface area contributed by atoms with Crippen molar-refractivity contribution in [1.82, 2.24) is 15.0 Å². The van der Waals surface area contributed by atoms with Crippen molar-refractivity contribution in [1.29, 1.82) is 0 Å². The molecule has 1 amide bonds. The number of aromatic nitrogens is 3. The topological polar surface area (TPSA) is 166 Å². The molecule has 3 heterocycles. The number of nitrogens with two attached hydrogens (primary N) is 1. The molecule has 0 aliphatic heterocycles. The van der Waals surface area contributed by atoms with Crippen molar-refractivity contribution in [3.8, 4) is 10.6 Å². The summed E-state index contributed by atoms with van der Waals surface area (Å²) in [6.07, 6.45) is 0.184. The number of carbonyl (C=O) groups is 2. The number of hydrogen-bond donors (Lipinski definition) is 2. The fraction of sp³-hybridized carbons (Fsp3) is 0.300. The lowest BCUT2D eigenvalue weighted by Gasteiger charge is -2.30. The van der Waals surface area contributed by atoms with Crippen molar-refractivity contribution in [2.24, 2.45) is 5.73 Å². The summed E-state index contributed by atoms with van der Waals surface area (Å²) < 4.78 is 33.7. The molecule has 226 valence electrons. The Morgan fingerprint density at radius 3 is 2.26 bits per heavy atom. The standard InChI is InChI=1S/C30H33N5O6S2/c1-19-20(2)42-27(33-19)22-14-12-21(13-15-22)17-30(31,43(39,40)25-11-6-7-16-32-25)23-9-8-10-24(34-23)35(18-26(36)37)28(38)41-29(3,4)5/h6-16H,17-18,31H2,1-5H3,(H,36,37). The van der Waals surface area contributed by atoms with Crippen LogP contribution < -0.4 is 10.6 Å². The average molecular weight is 624 g/mol. The number of aryl methyl sites for hydroxylation is 2. The summed E-state index contributed by atoms with van der Waals surface area (Å²) in [7, 11) is -4.39. The second-order valence-corrected chi connectivity index (χ2v) is 14.3. The van der Waals surface area contributed by atoms with Crippen LogP contribution in [0.3, 0.4) is 0 Å². The van der Waals surface area contributed by atoms with Crippen molar-refractivity contribution in [3.63, 3.8) is 0 Å². The van der Waals surface area contributed by atoms with E-state index in [1.807, 2.05) is 26.0 Å². The van der Waals surface area contributed by atoms with Gasteiger partial charge < -0.3 is 15.6 Å². The Bertz CT molecular complexity index is 1720. The van der Waals surface area contributed by atoms with Gasteiger partial charge in [-0.05, 0) is 64.4 Å². The molecular weight excluding hydrogens is 590 g/mol. The van der Waals surface area contributed by atoms with Gasteiger partial charge in [0.05, 0.1) is 11.4 Å². The van der Waals surface area contributed by atoms with E-state index in [1.54, 1.807) is 50.3 Å². The molecule has 0 saturated carbocycles. The molecule has 4 aromatic rings. The predicted molar refractivity (Wildman–Crippen MR) is 163 cm³/mol. The number of anilines is 1. The van der Waals surface area contributed by atoms with Gasteiger partial charge in [0, 0.05) is 23.1 Å². The van der Waals surface area contributed by atoms with Gasteiger partial charge >= 0.3 is 12.1 Å². The Labute approximate surface area is 254 Å². The Hall–Kier alpha value is -4.20. The number of hydrogen-bond acceptors (Lipinski definition) is 10. The third kappa shape index (κ3) is 7.07. The second-order valence-electron chi connectivity index (χ2n) is 10.9. The number of thiazole rings is 1. The van der Waals surface area contributed by atoms with Gasteiger partial charge in [-0.3, -0.25) is 9.69 Å². The molecule has 43 heavy (non-hydrogen) atoms. The largest absolute Gasteiger partial charge is 0.480 e. The van der Waals surface area contributed by atoms with Gasteiger partial charge in [-0.25, -0.2) is 28.2 Å². The molecule has 0 bridgehead atoms. The van der Waals surface area contributed by atoms with Crippen LogP contribution in [0, 0.1) is 13.8 Å². The lowest BCUT2D eigenvalue weighted by Crippen LogP contribution is -2.48. The van der Waals surface area contributed by atoms with Gasteiger partial charge in [-0.2, -0.15) is 0 Å². The van der Waals surface area contributed by atoms with Crippen LogP contribution in [0.4, 0.5) is 10.6 Å². The lowest BCUT2D eigenvalue weighted by atomic mass is 10.0. The van der Waals surface area contributed by atoms with Gasteiger partial charge in [0.25, 0.3) is 0 Å². The van der Waals surface area contributed by atoms with Crippen LogP contribution in [0.15, 0.2) is 71.9 Å². The Morgan fingerprint density at radius 2 is 1.70 bits per heavy atom. The Kier molecular flexibility index (Phi) is 9.00. The van der Waals surface area contributed by atoms with E-state index in [0.717, 1.165) is 26.0 Å².